The molecule has 1 saturated heterocycles. The molecule has 2 unspecified atom stereocenters. The Labute approximate surface area is 118 Å². The summed E-state index contributed by atoms with van der Waals surface area (Å²) in [5.74, 6) is -0.125. The minimum atomic E-state index is -0.427. The van der Waals surface area contributed by atoms with Gasteiger partial charge in [-0.1, -0.05) is 13.8 Å². The zero-order valence-corrected chi connectivity index (χ0v) is 12.1. The highest BCUT2D eigenvalue weighted by Gasteiger charge is 2.38. The minimum Gasteiger partial charge on any atom is -0.343 e. The second-order valence-electron chi connectivity index (χ2n) is 5.01. The molecule has 1 aliphatic heterocycles. The first-order valence-electron chi connectivity index (χ1n) is 6.95. The summed E-state index contributed by atoms with van der Waals surface area (Å²) >= 11 is 0. The molecule has 1 aliphatic rings. The molecule has 2 rings (SSSR count). The molecule has 2 atom stereocenters. The van der Waals surface area contributed by atoms with E-state index in [1.807, 2.05) is 20.8 Å². The summed E-state index contributed by atoms with van der Waals surface area (Å²) < 4.78 is 0. The van der Waals surface area contributed by atoms with Crippen molar-refractivity contribution < 1.29 is 9.59 Å². The first-order chi connectivity index (χ1) is 9.56. The average molecular weight is 276 g/mol. The van der Waals surface area contributed by atoms with E-state index in [4.69, 9.17) is 0 Å². The Bertz CT molecular complexity index is 500. The third-order valence-electron chi connectivity index (χ3n) is 3.54. The lowest BCUT2D eigenvalue weighted by Crippen LogP contribution is -2.62. The Kier molecular flexibility index (Phi) is 4.32. The van der Waals surface area contributed by atoms with Crippen LogP contribution in [0.5, 0.6) is 0 Å². The van der Waals surface area contributed by atoms with Gasteiger partial charge in [0, 0.05) is 6.20 Å². The monoisotopic (exact) mass is 276 g/mol. The zero-order valence-electron chi connectivity index (χ0n) is 12.1. The fourth-order valence-corrected chi connectivity index (χ4v) is 2.37. The maximum absolute atomic E-state index is 12.4. The van der Waals surface area contributed by atoms with Gasteiger partial charge in [0.15, 0.2) is 0 Å². The van der Waals surface area contributed by atoms with Crippen LogP contribution >= 0.6 is 0 Å². The highest BCUT2D eigenvalue weighted by molar-refractivity contribution is 5.96. The number of hydrogen-bond donors (Lipinski definition) is 1. The Balaban J connectivity index is 2.22. The lowest BCUT2D eigenvalue weighted by molar-refractivity contribution is -0.150. The smallest absolute Gasteiger partial charge is 0.246 e. The first kappa shape index (κ1) is 14.4. The van der Waals surface area contributed by atoms with Crippen molar-refractivity contribution in [2.24, 2.45) is 0 Å². The first-order valence-corrected chi connectivity index (χ1v) is 6.95. The molecule has 108 valence electrons. The van der Waals surface area contributed by atoms with E-state index in [2.05, 4.69) is 15.3 Å². The molecule has 6 nitrogen and oxygen atoms in total. The number of hydrogen-bond acceptors (Lipinski definition) is 4. The molecule has 1 fully saturated rings. The van der Waals surface area contributed by atoms with E-state index >= 15 is 0 Å². The lowest BCUT2D eigenvalue weighted by Gasteiger charge is -2.38. The minimum absolute atomic E-state index is 0.0404. The van der Waals surface area contributed by atoms with Crippen molar-refractivity contribution >= 4 is 11.8 Å². The highest BCUT2D eigenvalue weighted by atomic mass is 16.2. The largest absolute Gasteiger partial charge is 0.343 e. The van der Waals surface area contributed by atoms with Crippen molar-refractivity contribution in [2.45, 2.75) is 52.2 Å². The Morgan fingerprint density at radius 3 is 2.50 bits per heavy atom. The number of rotatable bonds is 4. The maximum Gasteiger partial charge on any atom is 0.246 e. The summed E-state index contributed by atoms with van der Waals surface area (Å²) in [6.07, 6.45) is 4.51. The molecule has 1 aromatic heterocycles. The molecule has 2 heterocycles. The summed E-state index contributed by atoms with van der Waals surface area (Å²) in [6, 6.07) is -0.850. The van der Waals surface area contributed by atoms with Crippen LogP contribution in [-0.2, 0) is 16.1 Å². The Hall–Kier alpha value is -1.98. The van der Waals surface area contributed by atoms with Gasteiger partial charge in [-0.15, -0.1) is 0 Å². The highest BCUT2D eigenvalue weighted by Crippen LogP contribution is 2.17. The van der Waals surface area contributed by atoms with E-state index in [9.17, 15) is 9.59 Å². The van der Waals surface area contributed by atoms with E-state index in [0.29, 0.717) is 25.1 Å². The van der Waals surface area contributed by atoms with Crippen LogP contribution in [0.2, 0.25) is 0 Å². The van der Waals surface area contributed by atoms with E-state index in [0.717, 1.165) is 5.69 Å². The number of aromatic nitrogens is 2. The van der Waals surface area contributed by atoms with Gasteiger partial charge >= 0.3 is 0 Å². The summed E-state index contributed by atoms with van der Waals surface area (Å²) in [6.45, 7) is 5.98. The van der Waals surface area contributed by atoms with Crippen LogP contribution < -0.4 is 5.32 Å². The van der Waals surface area contributed by atoms with Crippen LogP contribution in [0.1, 0.15) is 38.1 Å². The number of carbonyl (C=O) groups is 2. The molecule has 0 aliphatic carbocycles. The molecule has 20 heavy (non-hydrogen) atoms. The van der Waals surface area contributed by atoms with E-state index in [-0.39, 0.29) is 11.8 Å². The molecule has 1 N–H and O–H groups in total. The van der Waals surface area contributed by atoms with Crippen molar-refractivity contribution in [3.05, 3.63) is 23.8 Å². The van der Waals surface area contributed by atoms with Crippen LogP contribution in [0, 0.1) is 6.92 Å². The third kappa shape index (κ3) is 2.79. The van der Waals surface area contributed by atoms with Crippen molar-refractivity contribution in [2.75, 3.05) is 0 Å². The van der Waals surface area contributed by atoms with Gasteiger partial charge in [0.1, 0.15) is 12.1 Å². The zero-order chi connectivity index (χ0) is 14.7. The van der Waals surface area contributed by atoms with Gasteiger partial charge in [-0.3, -0.25) is 19.6 Å². The molecule has 0 spiro atoms. The van der Waals surface area contributed by atoms with Crippen LogP contribution in [0.15, 0.2) is 12.4 Å². The Morgan fingerprint density at radius 1 is 1.20 bits per heavy atom. The summed E-state index contributed by atoms with van der Waals surface area (Å²) in [4.78, 5) is 34.5. The van der Waals surface area contributed by atoms with Crippen molar-refractivity contribution in [3.8, 4) is 0 Å². The molecule has 0 radical (unpaired) electrons. The van der Waals surface area contributed by atoms with Gasteiger partial charge in [0.25, 0.3) is 0 Å². The van der Waals surface area contributed by atoms with E-state index < -0.39 is 12.1 Å². The van der Waals surface area contributed by atoms with Gasteiger partial charge < -0.3 is 10.2 Å². The Morgan fingerprint density at radius 2 is 1.95 bits per heavy atom. The lowest BCUT2D eigenvalue weighted by atomic mass is 10.0. The SMILES string of the molecule is CCC1NC(=O)C(CC)N(Cc2cnc(C)cn2)C1=O. The normalized spacial score (nSPS) is 22.9. The second-order valence-corrected chi connectivity index (χ2v) is 5.01. The molecular formula is C14H20N4O2. The van der Waals surface area contributed by atoms with Crippen LogP contribution in [0.3, 0.4) is 0 Å². The average Bonchev–Trinajstić information content (AvgIpc) is 2.45. The predicted octanol–water partition coefficient (Wildman–Crippen LogP) is 0.801. The molecule has 1 aromatic rings. The van der Waals surface area contributed by atoms with Gasteiger partial charge in [0.05, 0.1) is 24.1 Å². The quantitative estimate of drug-likeness (QED) is 0.882. The molecule has 2 amide bonds. The maximum atomic E-state index is 12.4. The molecular weight excluding hydrogens is 256 g/mol. The van der Waals surface area contributed by atoms with Gasteiger partial charge in [-0.25, -0.2) is 0 Å². The molecule has 0 bridgehead atoms. The van der Waals surface area contributed by atoms with Crippen LogP contribution in [0.4, 0.5) is 0 Å². The topological polar surface area (TPSA) is 75.2 Å². The summed E-state index contributed by atoms with van der Waals surface area (Å²) in [5.41, 5.74) is 1.53. The fourth-order valence-electron chi connectivity index (χ4n) is 2.37. The molecule has 6 heteroatoms. The number of carbonyl (C=O) groups excluding carboxylic acids is 2. The van der Waals surface area contributed by atoms with Crippen molar-refractivity contribution in [1.29, 1.82) is 0 Å². The van der Waals surface area contributed by atoms with Crippen LogP contribution in [-0.4, -0.2) is 38.8 Å². The number of nitrogens with one attached hydrogen (secondary N) is 1. The number of nitrogens with zero attached hydrogens (tertiary/aromatic N) is 3. The number of amides is 2. The van der Waals surface area contributed by atoms with E-state index in [1.165, 1.54) is 0 Å². The third-order valence-corrected chi connectivity index (χ3v) is 3.54. The van der Waals surface area contributed by atoms with Crippen molar-refractivity contribution in [3.63, 3.8) is 0 Å². The predicted molar refractivity (Wildman–Crippen MR) is 73.6 cm³/mol. The van der Waals surface area contributed by atoms with Crippen LogP contribution in [0.25, 0.3) is 0 Å². The summed E-state index contributed by atoms with van der Waals surface area (Å²) in [5, 5.41) is 2.78. The standard InChI is InChI=1S/C14H20N4O2/c1-4-11-14(20)18(12(5-2)13(19)17-11)8-10-7-15-9(3)6-16-10/h6-7,11-12H,4-5,8H2,1-3H3,(H,17,19). The number of piperazine rings is 1. The van der Waals surface area contributed by atoms with Gasteiger partial charge in [-0.05, 0) is 19.8 Å². The van der Waals surface area contributed by atoms with E-state index in [1.54, 1.807) is 17.3 Å². The fraction of sp³-hybridized carbons (Fsp3) is 0.571. The summed E-state index contributed by atoms with van der Waals surface area (Å²) in [7, 11) is 0. The second kappa shape index (κ2) is 5.98. The molecule has 0 saturated carbocycles. The number of aryl methyl sites for hydroxylation is 1. The van der Waals surface area contributed by atoms with Gasteiger partial charge in [-0.2, -0.15) is 0 Å². The van der Waals surface area contributed by atoms with Crippen molar-refractivity contribution in [1.82, 2.24) is 20.2 Å². The van der Waals surface area contributed by atoms with Gasteiger partial charge in [0.2, 0.25) is 11.8 Å². The molecule has 0 aromatic carbocycles.